The van der Waals surface area contributed by atoms with Crippen molar-refractivity contribution in [3.8, 4) is 6.07 Å². The van der Waals surface area contributed by atoms with Crippen LogP contribution < -0.4 is 10.2 Å². The second-order valence-corrected chi connectivity index (χ2v) is 9.39. The standard InChI is InChI=1S/C20H20F4N4OS/c1-19(2,3)8-16(29)27-17-11(9-25)6-12(7-13(17)21)28-5-4-14-15(10-28)30-18(26-14)20(22,23)24/h6-7H,4-5,8,10H2,1-3H3,(H,27,29). The number of carbonyl (C=O) groups is 1. The summed E-state index contributed by atoms with van der Waals surface area (Å²) in [5.74, 6) is -1.17. The van der Waals surface area contributed by atoms with Crippen LogP contribution in [0.25, 0.3) is 0 Å². The zero-order chi connectivity index (χ0) is 22.3. The van der Waals surface area contributed by atoms with Crippen LogP contribution in [0.3, 0.4) is 0 Å². The molecule has 30 heavy (non-hydrogen) atoms. The van der Waals surface area contributed by atoms with E-state index in [4.69, 9.17) is 0 Å². The number of amides is 1. The number of anilines is 2. The third kappa shape index (κ3) is 4.90. The van der Waals surface area contributed by atoms with Crippen molar-refractivity contribution in [3.05, 3.63) is 39.1 Å². The first-order chi connectivity index (χ1) is 13.9. The molecule has 0 radical (unpaired) electrons. The maximum atomic E-state index is 14.8. The fourth-order valence-corrected chi connectivity index (χ4v) is 4.18. The molecule has 5 nitrogen and oxygen atoms in total. The molecule has 0 atom stereocenters. The first-order valence-electron chi connectivity index (χ1n) is 9.21. The van der Waals surface area contributed by atoms with E-state index in [0.717, 1.165) is 0 Å². The van der Waals surface area contributed by atoms with Crippen LogP contribution in [0.5, 0.6) is 0 Å². The Hall–Kier alpha value is -2.67. The quantitative estimate of drug-likeness (QED) is 0.674. The van der Waals surface area contributed by atoms with E-state index < -0.39 is 22.9 Å². The lowest BCUT2D eigenvalue weighted by Gasteiger charge is -2.28. The summed E-state index contributed by atoms with van der Waals surface area (Å²) in [4.78, 5) is 18.0. The highest BCUT2D eigenvalue weighted by Crippen LogP contribution is 2.37. The van der Waals surface area contributed by atoms with Gasteiger partial charge in [0, 0.05) is 30.0 Å². The highest BCUT2D eigenvalue weighted by Gasteiger charge is 2.37. The van der Waals surface area contributed by atoms with Gasteiger partial charge in [-0.25, -0.2) is 9.37 Å². The van der Waals surface area contributed by atoms with Gasteiger partial charge in [0.15, 0.2) is 5.01 Å². The molecule has 3 rings (SSSR count). The molecule has 0 unspecified atom stereocenters. The Morgan fingerprint density at radius 2 is 2.03 bits per heavy atom. The average Bonchev–Trinajstić information content (AvgIpc) is 3.05. The van der Waals surface area contributed by atoms with Crippen molar-refractivity contribution in [1.29, 1.82) is 5.26 Å². The van der Waals surface area contributed by atoms with Gasteiger partial charge >= 0.3 is 6.18 Å². The summed E-state index contributed by atoms with van der Waals surface area (Å²) in [5.41, 5.74) is 0.229. The molecule has 160 valence electrons. The molecule has 1 aromatic heterocycles. The van der Waals surface area contributed by atoms with Gasteiger partial charge < -0.3 is 10.2 Å². The normalized spacial score (nSPS) is 14.3. The smallest absolute Gasteiger partial charge is 0.366 e. The van der Waals surface area contributed by atoms with Gasteiger partial charge in [-0.2, -0.15) is 18.4 Å². The molecule has 2 aromatic rings. The van der Waals surface area contributed by atoms with Crippen LogP contribution in [0, 0.1) is 22.6 Å². The molecule has 1 N–H and O–H groups in total. The maximum absolute atomic E-state index is 14.8. The van der Waals surface area contributed by atoms with Gasteiger partial charge in [0.1, 0.15) is 11.9 Å². The van der Waals surface area contributed by atoms with Gasteiger partial charge in [-0.15, -0.1) is 11.3 Å². The molecule has 0 bridgehead atoms. The highest BCUT2D eigenvalue weighted by atomic mass is 32.1. The zero-order valence-electron chi connectivity index (χ0n) is 16.7. The van der Waals surface area contributed by atoms with Gasteiger partial charge in [-0.05, 0) is 17.5 Å². The molecular formula is C20H20F4N4OS. The molecule has 0 saturated carbocycles. The van der Waals surface area contributed by atoms with E-state index in [1.54, 1.807) is 4.90 Å². The molecular weight excluding hydrogens is 420 g/mol. The summed E-state index contributed by atoms with van der Waals surface area (Å²) < 4.78 is 53.5. The summed E-state index contributed by atoms with van der Waals surface area (Å²) in [6, 6.07) is 4.51. The summed E-state index contributed by atoms with van der Waals surface area (Å²) in [6.45, 7) is 6.08. The highest BCUT2D eigenvalue weighted by molar-refractivity contribution is 7.11. The molecule has 0 fully saturated rings. The Morgan fingerprint density at radius 1 is 1.33 bits per heavy atom. The minimum atomic E-state index is -4.50. The molecule has 1 amide bonds. The van der Waals surface area contributed by atoms with E-state index in [1.165, 1.54) is 12.1 Å². The minimum Gasteiger partial charge on any atom is -0.366 e. The van der Waals surface area contributed by atoms with Gasteiger partial charge in [0.05, 0.1) is 23.5 Å². The number of thiazole rings is 1. The number of fused-ring (bicyclic) bond motifs is 1. The third-order valence-corrected chi connectivity index (χ3v) is 5.62. The Balaban J connectivity index is 1.84. The SMILES string of the molecule is CC(C)(C)CC(=O)Nc1c(F)cc(N2CCc3nc(C(F)(F)F)sc3C2)cc1C#N. The number of hydrogen-bond acceptors (Lipinski definition) is 5. The lowest BCUT2D eigenvalue weighted by Crippen LogP contribution is -2.30. The molecule has 10 heteroatoms. The number of rotatable bonds is 3. The van der Waals surface area contributed by atoms with E-state index in [0.29, 0.717) is 34.1 Å². The fourth-order valence-electron chi connectivity index (χ4n) is 3.19. The molecule has 0 aliphatic carbocycles. The predicted octanol–water partition coefficient (Wildman–Crippen LogP) is 5.11. The Morgan fingerprint density at radius 3 is 2.63 bits per heavy atom. The molecule has 0 spiro atoms. The Bertz CT molecular complexity index is 1020. The van der Waals surface area contributed by atoms with E-state index in [2.05, 4.69) is 10.3 Å². The van der Waals surface area contributed by atoms with Crippen molar-refractivity contribution in [2.24, 2.45) is 5.41 Å². The van der Waals surface area contributed by atoms with Crippen molar-refractivity contribution in [1.82, 2.24) is 4.98 Å². The summed E-state index contributed by atoms with van der Waals surface area (Å²) in [5, 5.41) is 11.0. The van der Waals surface area contributed by atoms with Crippen molar-refractivity contribution in [2.45, 2.75) is 46.3 Å². The lowest BCUT2D eigenvalue weighted by atomic mass is 9.92. The van der Waals surface area contributed by atoms with Gasteiger partial charge in [0.25, 0.3) is 0 Å². The fraction of sp³-hybridized carbons (Fsp3) is 0.450. The third-order valence-electron chi connectivity index (χ3n) is 4.49. The van der Waals surface area contributed by atoms with Gasteiger partial charge in [-0.1, -0.05) is 20.8 Å². The van der Waals surface area contributed by atoms with E-state index in [1.807, 2.05) is 26.8 Å². The summed E-state index contributed by atoms with van der Waals surface area (Å²) in [6.07, 6.45) is -4.06. The van der Waals surface area contributed by atoms with Crippen molar-refractivity contribution < 1.29 is 22.4 Å². The van der Waals surface area contributed by atoms with Crippen molar-refractivity contribution in [3.63, 3.8) is 0 Å². The summed E-state index contributed by atoms with van der Waals surface area (Å²) in [7, 11) is 0. The van der Waals surface area contributed by atoms with Crippen LogP contribution in [0.2, 0.25) is 0 Å². The number of hydrogen-bond donors (Lipinski definition) is 1. The van der Waals surface area contributed by atoms with Crippen molar-refractivity contribution >= 4 is 28.6 Å². The monoisotopic (exact) mass is 440 g/mol. The number of nitrogens with one attached hydrogen (secondary N) is 1. The number of halogens is 4. The lowest BCUT2D eigenvalue weighted by molar-refractivity contribution is -0.137. The van der Waals surface area contributed by atoms with Crippen LogP contribution in [-0.4, -0.2) is 17.4 Å². The number of aromatic nitrogens is 1. The number of carbonyl (C=O) groups excluding carboxylic acids is 1. The minimum absolute atomic E-state index is 0.0432. The zero-order valence-corrected chi connectivity index (χ0v) is 17.5. The number of nitriles is 1. The first kappa shape index (κ1) is 22.0. The first-order valence-corrected chi connectivity index (χ1v) is 10.0. The number of benzene rings is 1. The second-order valence-electron chi connectivity index (χ2n) is 8.31. The molecule has 1 aromatic carbocycles. The number of alkyl halides is 3. The van der Waals surface area contributed by atoms with Crippen LogP contribution in [0.4, 0.5) is 28.9 Å². The largest absolute Gasteiger partial charge is 0.443 e. The van der Waals surface area contributed by atoms with Gasteiger partial charge in [0.2, 0.25) is 5.91 Å². The topological polar surface area (TPSA) is 69.0 Å². The molecule has 1 aliphatic heterocycles. The van der Waals surface area contributed by atoms with Crippen LogP contribution in [0.15, 0.2) is 12.1 Å². The van der Waals surface area contributed by atoms with Crippen molar-refractivity contribution in [2.75, 3.05) is 16.8 Å². The second kappa shape index (κ2) is 7.87. The average molecular weight is 440 g/mol. The molecule has 1 aliphatic rings. The van der Waals surface area contributed by atoms with Crippen LogP contribution in [0.1, 0.15) is 48.3 Å². The molecule has 2 heterocycles. The van der Waals surface area contributed by atoms with E-state index in [9.17, 15) is 27.6 Å². The van der Waals surface area contributed by atoms with Crippen LogP contribution in [-0.2, 0) is 23.9 Å². The summed E-state index contributed by atoms with van der Waals surface area (Å²) >= 11 is 0.578. The maximum Gasteiger partial charge on any atom is 0.443 e. The molecule has 0 saturated heterocycles. The van der Waals surface area contributed by atoms with E-state index >= 15 is 0 Å². The van der Waals surface area contributed by atoms with E-state index in [-0.39, 0.29) is 36.1 Å². The predicted molar refractivity (Wildman–Crippen MR) is 106 cm³/mol. The Labute approximate surface area is 175 Å². The Kier molecular flexibility index (Phi) is 5.78. The number of nitrogens with zero attached hydrogens (tertiary/aromatic N) is 3. The van der Waals surface area contributed by atoms with Crippen LogP contribution >= 0.6 is 11.3 Å². The van der Waals surface area contributed by atoms with Gasteiger partial charge in [-0.3, -0.25) is 4.79 Å².